The monoisotopic (exact) mass is 544 g/mol. The quantitative estimate of drug-likeness (QED) is 0.332. The van der Waals surface area contributed by atoms with Crippen LogP contribution in [0.3, 0.4) is 0 Å². The van der Waals surface area contributed by atoms with Crippen LogP contribution in [0.5, 0.6) is 0 Å². The first-order chi connectivity index (χ1) is 17.2. The van der Waals surface area contributed by atoms with Crippen molar-refractivity contribution in [3.05, 3.63) is 0 Å². The van der Waals surface area contributed by atoms with Crippen molar-refractivity contribution in [3.8, 4) is 0 Å². The second-order valence-electron chi connectivity index (χ2n) is 10.8. The number of rotatable bonds is 15. The zero-order valence-electron chi connectivity index (χ0n) is 24.2. The van der Waals surface area contributed by atoms with Crippen molar-refractivity contribution < 1.29 is 19.1 Å². The summed E-state index contributed by atoms with van der Waals surface area (Å²) in [6.07, 6.45) is 5.23. The summed E-state index contributed by atoms with van der Waals surface area (Å²) in [6, 6.07) is -0.195. The van der Waals surface area contributed by atoms with E-state index in [-0.39, 0.29) is 32.7 Å². The summed E-state index contributed by atoms with van der Waals surface area (Å²) in [7, 11) is 4.02. The van der Waals surface area contributed by atoms with Gasteiger partial charge in [-0.2, -0.15) is 0 Å². The van der Waals surface area contributed by atoms with Crippen molar-refractivity contribution in [2.75, 3.05) is 79.8 Å². The molecule has 2 saturated heterocycles. The molecule has 0 aromatic heterocycles. The topological polar surface area (TPSA) is 88.3 Å². The Hall–Kier alpha value is -0.900. The van der Waals surface area contributed by atoms with Gasteiger partial charge in [0.25, 0.3) is 0 Å². The van der Waals surface area contributed by atoms with Crippen molar-refractivity contribution in [1.82, 2.24) is 14.7 Å². The Morgan fingerprint density at radius 1 is 0.763 bits per heavy atom. The lowest BCUT2D eigenvalue weighted by Gasteiger charge is -2.29. The molecule has 2 aliphatic rings. The van der Waals surface area contributed by atoms with Gasteiger partial charge in [0.1, 0.15) is 11.6 Å². The Morgan fingerprint density at radius 3 is 1.53 bits per heavy atom. The molecule has 0 unspecified atom stereocenters. The van der Waals surface area contributed by atoms with Crippen LogP contribution in [0.1, 0.15) is 81.1 Å². The molecule has 0 spiro atoms. The van der Waals surface area contributed by atoms with E-state index in [9.17, 15) is 9.59 Å². The summed E-state index contributed by atoms with van der Waals surface area (Å²) < 4.78 is 10.6. The standard InChI is InChI=1S/C15H30N2O2.C13H26N2O2.2CH4/c1-5-13(2)15(16(3)4)14(18)7-6-8-17-9-11-19-12-10-17;1-3-11(2)13(14)12(16)5-4-6-15-7-9-17-10-8-15;;/h13,15H,5-12H2,1-4H3;11,13H,3-10,14H2,1-2H3;2*1H4/t13-,15-;11-,13-;;/m00../s1. The first-order valence-electron chi connectivity index (χ1n) is 14.3. The van der Waals surface area contributed by atoms with E-state index in [1.54, 1.807) is 0 Å². The van der Waals surface area contributed by atoms with E-state index in [0.717, 1.165) is 91.4 Å². The summed E-state index contributed by atoms with van der Waals surface area (Å²) in [5.74, 6) is 1.34. The number of Topliss-reactive ketones (excluding diaryl/α,β-unsaturated/α-hetero) is 2. The summed E-state index contributed by atoms with van der Waals surface area (Å²) in [5.41, 5.74) is 5.91. The highest BCUT2D eigenvalue weighted by molar-refractivity contribution is 5.84. The molecule has 0 aromatic rings. The third-order valence-electron chi connectivity index (χ3n) is 7.70. The zero-order chi connectivity index (χ0) is 26.9. The lowest BCUT2D eigenvalue weighted by molar-refractivity contribution is -0.125. The molecule has 4 atom stereocenters. The summed E-state index contributed by atoms with van der Waals surface area (Å²) in [5, 5.41) is 0. The van der Waals surface area contributed by atoms with Gasteiger partial charge in [-0.25, -0.2) is 0 Å². The molecule has 0 saturated carbocycles. The van der Waals surface area contributed by atoms with E-state index in [1.165, 1.54) is 0 Å². The van der Waals surface area contributed by atoms with Crippen LogP contribution in [0.25, 0.3) is 0 Å². The second kappa shape index (κ2) is 22.9. The number of ketones is 2. The van der Waals surface area contributed by atoms with Crippen molar-refractivity contribution >= 4 is 11.6 Å². The number of carbonyl (C=O) groups is 2. The molecule has 0 bridgehead atoms. The normalized spacial score (nSPS) is 19.7. The molecular formula is C30H64N4O4. The van der Waals surface area contributed by atoms with Crippen LogP contribution >= 0.6 is 0 Å². The number of carbonyl (C=O) groups excluding carboxylic acids is 2. The SMILES string of the molecule is C.C.CC[C@H](C)[C@@H](C(=O)CCCN1CCOCC1)N(C)C.CC[C@H](C)[C@H](N)C(=O)CCCN1CCOCC1. The Balaban J connectivity index is 0. The van der Waals surface area contributed by atoms with Gasteiger partial charge in [0.15, 0.2) is 0 Å². The third kappa shape index (κ3) is 15.6. The van der Waals surface area contributed by atoms with E-state index < -0.39 is 0 Å². The van der Waals surface area contributed by atoms with E-state index >= 15 is 0 Å². The molecule has 0 aliphatic carbocycles. The van der Waals surface area contributed by atoms with Crippen LogP contribution in [0.2, 0.25) is 0 Å². The molecule has 0 amide bonds. The largest absolute Gasteiger partial charge is 0.379 e. The summed E-state index contributed by atoms with van der Waals surface area (Å²) >= 11 is 0. The highest BCUT2D eigenvalue weighted by Crippen LogP contribution is 2.16. The van der Waals surface area contributed by atoms with Gasteiger partial charge in [0.05, 0.1) is 38.5 Å². The Labute approximate surface area is 235 Å². The molecule has 2 heterocycles. The van der Waals surface area contributed by atoms with Gasteiger partial charge in [0.2, 0.25) is 0 Å². The van der Waals surface area contributed by atoms with Crippen LogP contribution in [0, 0.1) is 11.8 Å². The minimum Gasteiger partial charge on any atom is -0.379 e. The third-order valence-corrected chi connectivity index (χ3v) is 7.70. The maximum Gasteiger partial charge on any atom is 0.150 e. The number of nitrogens with two attached hydrogens (primary N) is 1. The van der Waals surface area contributed by atoms with Gasteiger partial charge >= 0.3 is 0 Å². The van der Waals surface area contributed by atoms with Gasteiger partial charge in [0, 0.05) is 39.0 Å². The highest BCUT2D eigenvalue weighted by Gasteiger charge is 2.25. The number of hydrogen-bond acceptors (Lipinski definition) is 8. The van der Waals surface area contributed by atoms with Gasteiger partial charge < -0.3 is 15.2 Å². The molecule has 2 fully saturated rings. The van der Waals surface area contributed by atoms with Gasteiger partial charge in [-0.1, -0.05) is 55.4 Å². The molecule has 38 heavy (non-hydrogen) atoms. The molecule has 8 nitrogen and oxygen atoms in total. The predicted molar refractivity (Wildman–Crippen MR) is 161 cm³/mol. The Bertz CT molecular complexity index is 593. The maximum atomic E-state index is 12.3. The van der Waals surface area contributed by atoms with E-state index in [0.29, 0.717) is 30.5 Å². The fourth-order valence-electron chi connectivity index (χ4n) is 4.83. The average Bonchev–Trinajstić information content (AvgIpc) is 2.89. The molecule has 0 aromatic carbocycles. The van der Waals surface area contributed by atoms with E-state index in [4.69, 9.17) is 15.2 Å². The zero-order valence-corrected chi connectivity index (χ0v) is 24.2. The first kappa shape index (κ1) is 39.2. The van der Waals surface area contributed by atoms with E-state index in [2.05, 4.69) is 35.5 Å². The first-order valence-corrected chi connectivity index (χ1v) is 14.3. The molecule has 2 rings (SSSR count). The molecule has 2 N–H and O–H groups in total. The molecule has 2 aliphatic heterocycles. The fraction of sp³-hybridized carbons (Fsp3) is 0.933. The molecule has 8 heteroatoms. The van der Waals surface area contributed by atoms with Gasteiger partial charge in [-0.3, -0.25) is 24.3 Å². The van der Waals surface area contributed by atoms with Crippen LogP contribution < -0.4 is 5.73 Å². The second-order valence-corrected chi connectivity index (χ2v) is 10.8. The minimum absolute atomic E-state index is 0. The number of likely N-dealkylation sites (N-methyl/N-ethyl adjacent to an activating group) is 1. The number of morpholine rings is 2. The Kier molecular flexibility index (Phi) is 23.6. The summed E-state index contributed by atoms with van der Waals surface area (Å²) in [4.78, 5) is 31.0. The molecular weight excluding hydrogens is 480 g/mol. The van der Waals surface area contributed by atoms with Crippen LogP contribution in [0.15, 0.2) is 0 Å². The average molecular weight is 545 g/mol. The molecule has 228 valence electrons. The maximum absolute atomic E-state index is 12.3. The van der Waals surface area contributed by atoms with Gasteiger partial charge in [-0.05, 0) is 51.9 Å². The lowest BCUT2D eigenvalue weighted by atomic mass is 9.92. The predicted octanol–water partition coefficient (Wildman–Crippen LogP) is 3.96. The molecule has 0 radical (unpaired) electrons. The van der Waals surface area contributed by atoms with Gasteiger partial charge in [-0.15, -0.1) is 0 Å². The lowest BCUT2D eigenvalue weighted by Crippen LogP contribution is -2.41. The van der Waals surface area contributed by atoms with Crippen molar-refractivity contribution in [3.63, 3.8) is 0 Å². The fourth-order valence-corrected chi connectivity index (χ4v) is 4.83. The van der Waals surface area contributed by atoms with Crippen LogP contribution in [0.4, 0.5) is 0 Å². The number of ether oxygens (including phenoxy) is 2. The van der Waals surface area contributed by atoms with Crippen molar-refractivity contribution in [1.29, 1.82) is 0 Å². The van der Waals surface area contributed by atoms with Crippen LogP contribution in [-0.4, -0.2) is 118 Å². The summed E-state index contributed by atoms with van der Waals surface area (Å²) in [6.45, 7) is 17.8. The highest BCUT2D eigenvalue weighted by atomic mass is 16.5. The smallest absolute Gasteiger partial charge is 0.150 e. The Morgan fingerprint density at radius 2 is 1.16 bits per heavy atom. The minimum atomic E-state index is -0.273. The van der Waals surface area contributed by atoms with Crippen LogP contribution in [-0.2, 0) is 19.1 Å². The van der Waals surface area contributed by atoms with Crippen molar-refractivity contribution in [2.24, 2.45) is 17.6 Å². The van der Waals surface area contributed by atoms with E-state index in [1.807, 2.05) is 21.0 Å². The number of nitrogens with zero attached hydrogens (tertiary/aromatic N) is 3. The van der Waals surface area contributed by atoms with Crippen molar-refractivity contribution in [2.45, 2.75) is 93.2 Å². The number of hydrogen-bond donors (Lipinski definition) is 1.